The van der Waals surface area contributed by atoms with Crippen LogP contribution in [-0.4, -0.2) is 26.3 Å². The third-order valence-electron chi connectivity index (χ3n) is 2.42. The van der Waals surface area contributed by atoms with Crippen LogP contribution in [0.5, 0.6) is 0 Å². The van der Waals surface area contributed by atoms with Crippen molar-refractivity contribution in [3.63, 3.8) is 0 Å². The lowest BCUT2D eigenvalue weighted by atomic mass is 10.3. The van der Waals surface area contributed by atoms with Gasteiger partial charge in [-0.1, -0.05) is 11.8 Å². The smallest absolute Gasteiger partial charge is 0.237 e. The number of aryl methyl sites for hydroxylation is 1. The Morgan fingerprint density at radius 1 is 1.45 bits per heavy atom. The number of halogens is 2. The number of nitrogens with one attached hydrogen (secondary N) is 2. The van der Waals surface area contributed by atoms with E-state index in [1.54, 1.807) is 13.8 Å². The van der Waals surface area contributed by atoms with Gasteiger partial charge in [0.2, 0.25) is 11.1 Å². The first-order valence-electron chi connectivity index (χ1n) is 5.77. The molecule has 1 atom stereocenters. The molecule has 0 fully saturated rings. The number of hydrogen-bond donors (Lipinski definition) is 2. The van der Waals surface area contributed by atoms with E-state index < -0.39 is 22.8 Å². The first-order chi connectivity index (χ1) is 9.45. The number of benzene rings is 1. The van der Waals surface area contributed by atoms with E-state index in [9.17, 15) is 13.6 Å². The lowest BCUT2D eigenvalue weighted by molar-refractivity contribution is -0.115. The van der Waals surface area contributed by atoms with Crippen molar-refractivity contribution in [3.8, 4) is 0 Å². The van der Waals surface area contributed by atoms with Crippen molar-refractivity contribution in [2.24, 2.45) is 0 Å². The van der Waals surface area contributed by atoms with Crippen molar-refractivity contribution in [1.29, 1.82) is 0 Å². The second-order valence-electron chi connectivity index (χ2n) is 4.08. The normalized spacial score (nSPS) is 12.2. The summed E-state index contributed by atoms with van der Waals surface area (Å²) in [5.41, 5.74) is -0.0602. The van der Waals surface area contributed by atoms with Gasteiger partial charge in [0, 0.05) is 6.07 Å². The van der Waals surface area contributed by atoms with Gasteiger partial charge in [0.1, 0.15) is 17.5 Å². The van der Waals surface area contributed by atoms with Crippen LogP contribution in [0.4, 0.5) is 14.5 Å². The molecule has 5 nitrogen and oxygen atoms in total. The Morgan fingerprint density at radius 3 is 2.80 bits per heavy atom. The summed E-state index contributed by atoms with van der Waals surface area (Å²) in [4.78, 5) is 16.0. The topological polar surface area (TPSA) is 70.7 Å². The van der Waals surface area contributed by atoms with Crippen LogP contribution in [0, 0.1) is 18.6 Å². The molecule has 1 unspecified atom stereocenters. The predicted molar refractivity (Wildman–Crippen MR) is 71.4 cm³/mol. The highest BCUT2D eigenvalue weighted by atomic mass is 32.2. The first-order valence-corrected chi connectivity index (χ1v) is 6.65. The van der Waals surface area contributed by atoms with Crippen LogP contribution in [0.25, 0.3) is 0 Å². The number of carbonyl (C=O) groups excluding carboxylic acids is 1. The molecule has 1 amide bonds. The van der Waals surface area contributed by atoms with Gasteiger partial charge in [-0.25, -0.2) is 13.8 Å². The average molecular weight is 298 g/mol. The molecular weight excluding hydrogens is 286 g/mol. The summed E-state index contributed by atoms with van der Waals surface area (Å²) in [7, 11) is 0. The zero-order valence-corrected chi connectivity index (χ0v) is 11.6. The van der Waals surface area contributed by atoms with Gasteiger partial charge < -0.3 is 5.32 Å². The number of H-pyrrole nitrogens is 1. The number of anilines is 1. The molecule has 0 spiro atoms. The highest BCUT2D eigenvalue weighted by Gasteiger charge is 2.18. The van der Waals surface area contributed by atoms with Gasteiger partial charge in [-0.05, 0) is 26.0 Å². The molecule has 0 aliphatic rings. The van der Waals surface area contributed by atoms with Crippen LogP contribution in [0.1, 0.15) is 12.7 Å². The fourth-order valence-electron chi connectivity index (χ4n) is 1.41. The van der Waals surface area contributed by atoms with Crippen LogP contribution in [-0.2, 0) is 4.79 Å². The minimum Gasteiger partial charge on any atom is -0.323 e. The van der Waals surface area contributed by atoms with E-state index in [0.29, 0.717) is 17.0 Å². The second kappa shape index (κ2) is 6.00. The van der Waals surface area contributed by atoms with E-state index in [1.807, 2.05) is 0 Å². The lowest BCUT2D eigenvalue weighted by Gasteiger charge is -2.10. The van der Waals surface area contributed by atoms with Crippen molar-refractivity contribution in [2.45, 2.75) is 24.3 Å². The molecule has 1 heterocycles. The Kier molecular flexibility index (Phi) is 4.33. The molecule has 8 heteroatoms. The number of aromatic nitrogens is 3. The Balaban J connectivity index is 2.00. The minimum atomic E-state index is -0.815. The van der Waals surface area contributed by atoms with Gasteiger partial charge in [0.15, 0.2) is 0 Å². The predicted octanol–water partition coefficient (Wildman–Crippen LogP) is 2.51. The number of hydrogen-bond acceptors (Lipinski definition) is 4. The molecule has 2 N–H and O–H groups in total. The van der Waals surface area contributed by atoms with Crippen molar-refractivity contribution in [1.82, 2.24) is 15.2 Å². The van der Waals surface area contributed by atoms with Crippen molar-refractivity contribution >= 4 is 23.4 Å². The fourth-order valence-corrected chi connectivity index (χ4v) is 2.18. The summed E-state index contributed by atoms with van der Waals surface area (Å²) in [6.07, 6.45) is 0. The van der Waals surface area contributed by atoms with Crippen LogP contribution in [0.15, 0.2) is 23.4 Å². The molecular formula is C12H12F2N4OS. The van der Waals surface area contributed by atoms with Crippen molar-refractivity contribution in [3.05, 3.63) is 35.7 Å². The summed E-state index contributed by atoms with van der Waals surface area (Å²) < 4.78 is 26.2. The quantitative estimate of drug-likeness (QED) is 0.851. The van der Waals surface area contributed by atoms with Crippen LogP contribution in [0.2, 0.25) is 0 Å². The monoisotopic (exact) mass is 298 g/mol. The maximum absolute atomic E-state index is 13.4. The number of aromatic amines is 1. The molecule has 0 saturated heterocycles. The van der Waals surface area contributed by atoms with Gasteiger partial charge in [-0.15, -0.1) is 5.10 Å². The van der Waals surface area contributed by atoms with Crippen LogP contribution >= 0.6 is 11.8 Å². The third-order valence-corrected chi connectivity index (χ3v) is 3.38. The molecule has 106 valence electrons. The fraction of sp³-hybridized carbons (Fsp3) is 0.250. The van der Waals surface area contributed by atoms with E-state index in [-0.39, 0.29) is 5.69 Å². The van der Waals surface area contributed by atoms with E-state index in [0.717, 1.165) is 17.8 Å². The zero-order valence-electron chi connectivity index (χ0n) is 10.8. The Labute approximate surface area is 118 Å². The molecule has 0 aliphatic carbocycles. The van der Waals surface area contributed by atoms with Crippen LogP contribution < -0.4 is 5.32 Å². The summed E-state index contributed by atoms with van der Waals surface area (Å²) in [6.45, 7) is 3.39. The maximum Gasteiger partial charge on any atom is 0.237 e. The Bertz CT molecular complexity index is 632. The summed E-state index contributed by atoms with van der Waals surface area (Å²) in [5, 5.41) is 8.87. The van der Waals surface area contributed by atoms with E-state index in [2.05, 4.69) is 20.5 Å². The van der Waals surface area contributed by atoms with Crippen LogP contribution in [0.3, 0.4) is 0 Å². The molecule has 20 heavy (non-hydrogen) atoms. The number of rotatable bonds is 4. The largest absolute Gasteiger partial charge is 0.323 e. The standard InChI is InChI=1S/C12H12F2N4OS/c1-6(20-12-15-7(2)17-18-12)11(19)16-10-4-3-8(13)5-9(10)14/h3-6H,1-2H3,(H,16,19)(H,15,17,18). The SMILES string of the molecule is Cc1nc(SC(C)C(=O)Nc2ccc(F)cc2F)n[nH]1. The Hall–Kier alpha value is -1.96. The lowest BCUT2D eigenvalue weighted by Crippen LogP contribution is -2.23. The van der Waals surface area contributed by atoms with E-state index in [1.165, 1.54) is 6.07 Å². The van der Waals surface area contributed by atoms with Gasteiger partial charge in [-0.3, -0.25) is 9.89 Å². The van der Waals surface area contributed by atoms with Crippen molar-refractivity contribution < 1.29 is 13.6 Å². The third kappa shape index (κ3) is 3.53. The summed E-state index contributed by atoms with van der Waals surface area (Å²) in [6, 6.07) is 2.97. The summed E-state index contributed by atoms with van der Waals surface area (Å²) >= 11 is 1.14. The van der Waals surface area contributed by atoms with Gasteiger partial charge in [0.25, 0.3) is 0 Å². The number of thioether (sulfide) groups is 1. The summed E-state index contributed by atoms with van der Waals surface area (Å²) in [5.74, 6) is -1.28. The molecule has 0 aliphatic heterocycles. The highest BCUT2D eigenvalue weighted by Crippen LogP contribution is 2.21. The average Bonchev–Trinajstić information content (AvgIpc) is 2.78. The second-order valence-corrected chi connectivity index (χ2v) is 5.38. The molecule has 0 bridgehead atoms. The van der Waals surface area contributed by atoms with E-state index in [4.69, 9.17) is 0 Å². The molecule has 2 aromatic rings. The molecule has 2 rings (SSSR count). The van der Waals surface area contributed by atoms with Gasteiger partial charge in [-0.2, -0.15) is 0 Å². The first kappa shape index (κ1) is 14.4. The number of amides is 1. The molecule has 1 aromatic carbocycles. The zero-order chi connectivity index (χ0) is 14.7. The van der Waals surface area contributed by atoms with Gasteiger partial charge >= 0.3 is 0 Å². The highest BCUT2D eigenvalue weighted by molar-refractivity contribution is 8.00. The Morgan fingerprint density at radius 2 is 2.20 bits per heavy atom. The molecule has 1 aromatic heterocycles. The minimum absolute atomic E-state index is 0.0602. The van der Waals surface area contributed by atoms with Gasteiger partial charge in [0.05, 0.1) is 10.9 Å². The van der Waals surface area contributed by atoms with Crippen molar-refractivity contribution in [2.75, 3.05) is 5.32 Å². The molecule has 0 radical (unpaired) electrons. The number of nitrogens with zero attached hydrogens (tertiary/aromatic N) is 2. The maximum atomic E-state index is 13.4. The number of carbonyl (C=O) groups is 1. The molecule has 0 saturated carbocycles. The van der Waals surface area contributed by atoms with E-state index >= 15 is 0 Å².